The fourth-order valence-corrected chi connectivity index (χ4v) is 5.60. The molecule has 2 aromatic carbocycles. The van der Waals surface area contributed by atoms with Crippen molar-refractivity contribution in [2.45, 2.75) is 19.1 Å². The maximum atomic E-state index is 14.3. The van der Waals surface area contributed by atoms with Crippen LogP contribution >= 0.6 is 0 Å². The fourth-order valence-electron chi connectivity index (χ4n) is 5.60. The molecule has 3 aromatic heterocycles. The largest absolute Gasteiger partial charge is 0.497 e. The number of imidazole rings is 1. The number of amides is 1. The van der Waals surface area contributed by atoms with Gasteiger partial charge in [-0.3, -0.25) is 14.5 Å². The molecule has 216 valence electrons. The van der Waals surface area contributed by atoms with Crippen LogP contribution in [0.4, 0.5) is 24.5 Å². The van der Waals surface area contributed by atoms with E-state index in [-0.39, 0.29) is 18.0 Å². The van der Waals surface area contributed by atoms with Crippen molar-refractivity contribution in [3.8, 4) is 16.9 Å². The minimum atomic E-state index is -4.66. The van der Waals surface area contributed by atoms with E-state index in [9.17, 15) is 18.0 Å². The quantitative estimate of drug-likeness (QED) is 0.278. The number of pyridine rings is 1. The summed E-state index contributed by atoms with van der Waals surface area (Å²) in [5.74, 6) is 0.315. The summed E-state index contributed by atoms with van der Waals surface area (Å²) in [6, 6.07) is 9.01. The molecule has 9 nitrogen and oxygen atoms in total. The summed E-state index contributed by atoms with van der Waals surface area (Å²) in [7, 11) is 6.85. The smallest absolute Gasteiger partial charge is 0.435 e. The Kier molecular flexibility index (Phi) is 6.63. The third kappa shape index (κ3) is 4.72. The first-order valence-electron chi connectivity index (χ1n) is 13.2. The number of benzene rings is 2. The first kappa shape index (κ1) is 27.3. The number of anilines is 2. The Labute approximate surface area is 239 Å². The second-order valence-electron chi connectivity index (χ2n) is 10.4. The highest BCUT2D eigenvalue weighted by Gasteiger charge is 2.39. The van der Waals surface area contributed by atoms with Crippen LogP contribution < -0.4 is 14.5 Å². The predicted molar refractivity (Wildman–Crippen MR) is 153 cm³/mol. The predicted octanol–water partition coefficient (Wildman–Crippen LogP) is 5.18. The Hall–Kier alpha value is -4.87. The van der Waals surface area contributed by atoms with E-state index in [0.29, 0.717) is 52.2 Å². The number of hydrogen-bond donors (Lipinski definition) is 0. The zero-order chi connectivity index (χ0) is 29.8. The summed E-state index contributed by atoms with van der Waals surface area (Å²) < 4.78 is 50.7. The van der Waals surface area contributed by atoms with E-state index < -0.39 is 11.9 Å². The minimum Gasteiger partial charge on any atom is -0.497 e. The van der Waals surface area contributed by atoms with Gasteiger partial charge in [0.1, 0.15) is 5.75 Å². The fraction of sp³-hybridized carbons (Fsp3) is 0.267. The molecule has 5 aromatic rings. The molecule has 12 heteroatoms. The molecule has 1 aliphatic rings. The lowest BCUT2D eigenvalue weighted by Crippen LogP contribution is -2.38. The van der Waals surface area contributed by atoms with Crippen molar-refractivity contribution in [2.75, 3.05) is 37.5 Å². The van der Waals surface area contributed by atoms with Gasteiger partial charge in [-0.05, 0) is 47.4 Å². The van der Waals surface area contributed by atoms with Crippen LogP contribution in [-0.2, 0) is 26.2 Å². The standard InChI is InChI=1S/C30H28F3N7O2/c1-37(2)26-14-19(42-4)13-23-25(5-7-35-27(23)26)40-9-6-20-21(24-16-38(3)36-28(24)30(31,32)33)11-18(12-22(20)29(40)41)15-39-10-8-34-17-39/h5,7-8,10-14,16-17H,6,9,15H2,1-4H3. The number of aromatic nitrogens is 5. The Morgan fingerprint density at radius 3 is 2.55 bits per heavy atom. The molecule has 1 aliphatic heterocycles. The number of fused-ring (bicyclic) bond motifs is 2. The zero-order valence-electron chi connectivity index (χ0n) is 23.5. The molecule has 1 amide bonds. The number of carbonyl (C=O) groups excluding carboxylic acids is 1. The van der Waals surface area contributed by atoms with Crippen molar-refractivity contribution in [1.82, 2.24) is 24.3 Å². The Morgan fingerprint density at radius 1 is 1.07 bits per heavy atom. The van der Waals surface area contributed by atoms with Crippen molar-refractivity contribution >= 4 is 28.2 Å². The molecule has 0 fully saturated rings. The summed E-state index contributed by atoms with van der Waals surface area (Å²) in [6.45, 7) is 0.603. The zero-order valence-corrected chi connectivity index (χ0v) is 23.5. The highest BCUT2D eigenvalue weighted by Crippen LogP contribution is 2.42. The summed E-state index contributed by atoms with van der Waals surface area (Å²) in [5, 5.41) is 4.46. The van der Waals surface area contributed by atoms with E-state index in [1.807, 2.05) is 31.1 Å². The number of hydrogen-bond acceptors (Lipinski definition) is 6. The molecule has 0 saturated heterocycles. The lowest BCUT2D eigenvalue weighted by Gasteiger charge is -2.31. The van der Waals surface area contributed by atoms with E-state index in [1.165, 1.54) is 13.2 Å². The monoisotopic (exact) mass is 575 g/mol. The van der Waals surface area contributed by atoms with Gasteiger partial charge < -0.3 is 19.1 Å². The van der Waals surface area contributed by atoms with E-state index >= 15 is 0 Å². The van der Waals surface area contributed by atoms with Crippen LogP contribution in [0.2, 0.25) is 0 Å². The lowest BCUT2D eigenvalue weighted by molar-refractivity contribution is -0.140. The molecule has 4 heterocycles. The molecule has 42 heavy (non-hydrogen) atoms. The average molecular weight is 576 g/mol. The van der Waals surface area contributed by atoms with E-state index in [1.54, 1.807) is 59.7 Å². The first-order chi connectivity index (χ1) is 20.0. The number of alkyl halides is 3. The van der Waals surface area contributed by atoms with Gasteiger partial charge in [-0.25, -0.2) is 4.98 Å². The number of halogens is 3. The van der Waals surface area contributed by atoms with Crippen molar-refractivity contribution in [3.05, 3.63) is 83.8 Å². The van der Waals surface area contributed by atoms with Crippen molar-refractivity contribution in [3.63, 3.8) is 0 Å². The topological polar surface area (TPSA) is 81.3 Å². The van der Waals surface area contributed by atoms with Crippen LogP contribution in [-0.4, -0.2) is 58.0 Å². The summed E-state index contributed by atoms with van der Waals surface area (Å²) in [6.07, 6.45) is 3.72. The highest BCUT2D eigenvalue weighted by molar-refractivity contribution is 6.14. The Bertz CT molecular complexity index is 1810. The summed E-state index contributed by atoms with van der Waals surface area (Å²) in [5.41, 5.74) is 3.10. The van der Waals surface area contributed by atoms with Crippen LogP contribution in [0.1, 0.15) is 27.2 Å². The molecular formula is C30H28F3N7O2. The van der Waals surface area contributed by atoms with Gasteiger partial charge in [0.25, 0.3) is 5.91 Å². The maximum Gasteiger partial charge on any atom is 0.435 e. The second-order valence-corrected chi connectivity index (χ2v) is 10.4. The van der Waals surface area contributed by atoms with Gasteiger partial charge in [0.05, 0.1) is 30.3 Å². The molecule has 0 atom stereocenters. The number of methoxy groups -OCH3 is 1. The van der Waals surface area contributed by atoms with Gasteiger partial charge in [0.15, 0.2) is 5.69 Å². The van der Waals surface area contributed by atoms with Gasteiger partial charge in [-0.15, -0.1) is 0 Å². The molecule has 0 radical (unpaired) electrons. The molecule has 0 N–H and O–H groups in total. The van der Waals surface area contributed by atoms with Gasteiger partial charge in [-0.1, -0.05) is 0 Å². The second kappa shape index (κ2) is 10.2. The van der Waals surface area contributed by atoms with Gasteiger partial charge in [-0.2, -0.15) is 18.3 Å². The molecule has 0 spiro atoms. The average Bonchev–Trinajstić information content (AvgIpc) is 3.61. The maximum absolute atomic E-state index is 14.3. The van der Waals surface area contributed by atoms with Crippen LogP contribution in [0.3, 0.4) is 0 Å². The number of nitrogens with zero attached hydrogens (tertiary/aromatic N) is 7. The Morgan fingerprint density at radius 2 is 1.86 bits per heavy atom. The van der Waals surface area contributed by atoms with E-state index in [4.69, 9.17) is 4.74 Å². The van der Waals surface area contributed by atoms with Crippen LogP contribution in [0, 0.1) is 0 Å². The number of ether oxygens (including phenoxy) is 1. The van der Waals surface area contributed by atoms with Crippen molar-refractivity contribution < 1.29 is 22.7 Å². The number of aryl methyl sites for hydroxylation is 1. The third-order valence-electron chi connectivity index (χ3n) is 7.47. The van der Waals surface area contributed by atoms with Gasteiger partial charge in [0, 0.05) is 81.6 Å². The van der Waals surface area contributed by atoms with Gasteiger partial charge >= 0.3 is 6.18 Å². The van der Waals surface area contributed by atoms with Gasteiger partial charge in [0.2, 0.25) is 0 Å². The SMILES string of the molecule is COc1cc(N(C)C)c2nccc(N3CCc4c(cc(Cn5ccnc5)cc4-c4cn(C)nc4C(F)(F)F)C3=O)c2c1. The minimum absolute atomic E-state index is 0.0512. The normalized spacial score (nSPS) is 13.5. The number of rotatable bonds is 6. The molecule has 0 unspecified atom stereocenters. The summed E-state index contributed by atoms with van der Waals surface area (Å²) >= 11 is 0. The molecule has 0 saturated carbocycles. The lowest BCUT2D eigenvalue weighted by atomic mass is 9.88. The third-order valence-corrected chi connectivity index (χ3v) is 7.47. The Balaban J connectivity index is 1.53. The molecule has 0 bridgehead atoms. The molecule has 6 rings (SSSR count). The number of carbonyl (C=O) groups is 1. The summed E-state index contributed by atoms with van der Waals surface area (Å²) in [4.78, 5) is 26.5. The first-order valence-corrected chi connectivity index (χ1v) is 13.2. The van der Waals surface area contributed by atoms with Crippen LogP contribution in [0.5, 0.6) is 5.75 Å². The van der Waals surface area contributed by atoms with Crippen LogP contribution in [0.15, 0.2) is 61.4 Å². The molecule has 0 aliphatic carbocycles. The van der Waals surface area contributed by atoms with E-state index in [0.717, 1.165) is 15.8 Å². The molecular weight excluding hydrogens is 547 g/mol. The van der Waals surface area contributed by atoms with Crippen molar-refractivity contribution in [2.24, 2.45) is 7.05 Å². The van der Waals surface area contributed by atoms with Crippen LogP contribution in [0.25, 0.3) is 22.0 Å². The van der Waals surface area contributed by atoms with Crippen molar-refractivity contribution in [1.29, 1.82) is 0 Å². The highest BCUT2D eigenvalue weighted by atomic mass is 19.4. The van der Waals surface area contributed by atoms with E-state index in [2.05, 4.69) is 15.1 Å².